The van der Waals surface area contributed by atoms with E-state index in [0.29, 0.717) is 6.04 Å². The highest BCUT2D eigenvalue weighted by Gasteiger charge is 2.16. The lowest BCUT2D eigenvalue weighted by molar-refractivity contribution is 0.264. The van der Waals surface area contributed by atoms with Gasteiger partial charge in [-0.1, -0.05) is 12.1 Å². The number of rotatable bonds is 3. The molecule has 20 heavy (non-hydrogen) atoms. The van der Waals surface area contributed by atoms with Gasteiger partial charge >= 0.3 is 0 Å². The monoisotopic (exact) mass is 287 g/mol. The van der Waals surface area contributed by atoms with Crippen LogP contribution in [0, 0.1) is 6.92 Å². The van der Waals surface area contributed by atoms with Gasteiger partial charge in [-0.2, -0.15) is 0 Å². The summed E-state index contributed by atoms with van der Waals surface area (Å²) in [6.07, 6.45) is 2.44. The van der Waals surface area contributed by atoms with Crippen LogP contribution in [-0.2, 0) is 0 Å². The van der Waals surface area contributed by atoms with Crippen LogP contribution in [0.3, 0.4) is 0 Å². The summed E-state index contributed by atoms with van der Waals surface area (Å²) in [5.74, 6) is 0. The quantitative estimate of drug-likeness (QED) is 0.934. The second-order valence-corrected chi connectivity index (χ2v) is 6.62. The number of nitrogens with zero attached hydrogens (tertiary/aromatic N) is 2. The molecule has 0 saturated carbocycles. The molecule has 1 fully saturated rings. The first kappa shape index (κ1) is 13.6. The van der Waals surface area contributed by atoms with Crippen molar-refractivity contribution in [2.45, 2.75) is 25.8 Å². The maximum atomic E-state index is 4.56. The van der Waals surface area contributed by atoms with Crippen molar-refractivity contribution in [3.63, 3.8) is 0 Å². The van der Waals surface area contributed by atoms with E-state index in [1.807, 2.05) is 0 Å². The van der Waals surface area contributed by atoms with E-state index in [1.54, 1.807) is 11.3 Å². The Hall–Kier alpha value is -1.39. The minimum absolute atomic E-state index is 0.596. The molecule has 0 atom stereocenters. The highest BCUT2D eigenvalue weighted by Crippen LogP contribution is 2.25. The van der Waals surface area contributed by atoms with Crippen LogP contribution < -0.4 is 5.32 Å². The van der Waals surface area contributed by atoms with Crippen molar-refractivity contribution in [1.29, 1.82) is 0 Å². The van der Waals surface area contributed by atoms with Crippen molar-refractivity contribution in [2.24, 2.45) is 0 Å². The third-order valence-electron chi connectivity index (χ3n) is 3.87. The number of hydrogen-bond acceptors (Lipinski definition) is 4. The number of piperidine rings is 1. The zero-order valence-electron chi connectivity index (χ0n) is 12.1. The van der Waals surface area contributed by atoms with Crippen LogP contribution >= 0.6 is 11.3 Å². The van der Waals surface area contributed by atoms with Gasteiger partial charge in [-0.3, -0.25) is 0 Å². The molecule has 1 N–H and O–H groups in total. The lowest BCUT2D eigenvalue weighted by atomic mass is 10.0. The minimum atomic E-state index is 0.596. The molecule has 3 rings (SSSR count). The Morgan fingerprint density at radius 2 is 2.10 bits per heavy atom. The first-order valence-electron chi connectivity index (χ1n) is 7.18. The first-order chi connectivity index (χ1) is 9.70. The summed E-state index contributed by atoms with van der Waals surface area (Å²) >= 11 is 1.70. The van der Waals surface area contributed by atoms with Gasteiger partial charge in [-0.05, 0) is 52.0 Å². The van der Waals surface area contributed by atoms with Crippen LogP contribution in [-0.4, -0.2) is 36.1 Å². The molecule has 0 unspecified atom stereocenters. The van der Waals surface area contributed by atoms with Crippen molar-refractivity contribution in [3.8, 4) is 11.3 Å². The lowest BCUT2D eigenvalue weighted by Crippen LogP contribution is -2.36. The van der Waals surface area contributed by atoms with Crippen LogP contribution in [0.5, 0.6) is 0 Å². The lowest BCUT2D eigenvalue weighted by Gasteiger charge is -2.30. The Morgan fingerprint density at radius 3 is 2.80 bits per heavy atom. The average molecular weight is 287 g/mol. The van der Waals surface area contributed by atoms with Crippen molar-refractivity contribution >= 4 is 17.0 Å². The predicted octanol–water partition coefficient (Wildman–Crippen LogP) is 3.62. The van der Waals surface area contributed by atoms with Gasteiger partial charge in [0.05, 0.1) is 10.7 Å². The van der Waals surface area contributed by atoms with Gasteiger partial charge in [0.2, 0.25) is 0 Å². The maximum Gasteiger partial charge on any atom is 0.0901 e. The van der Waals surface area contributed by atoms with E-state index >= 15 is 0 Å². The summed E-state index contributed by atoms with van der Waals surface area (Å²) in [6, 6.07) is 9.21. The van der Waals surface area contributed by atoms with Gasteiger partial charge < -0.3 is 10.2 Å². The van der Waals surface area contributed by atoms with E-state index < -0.39 is 0 Å². The molecule has 2 aromatic rings. The molecule has 1 aliphatic heterocycles. The molecule has 0 spiro atoms. The van der Waals surface area contributed by atoms with Gasteiger partial charge in [-0.25, -0.2) is 4.98 Å². The molecule has 2 heterocycles. The van der Waals surface area contributed by atoms with E-state index in [4.69, 9.17) is 0 Å². The Morgan fingerprint density at radius 1 is 1.30 bits per heavy atom. The molecule has 106 valence electrons. The van der Waals surface area contributed by atoms with Crippen LogP contribution in [0.4, 0.5) is 5.69 Å². The number of hydrogen-bond donors (Lipinski definition) is 1. The first-order valence-corrected chi connectivity index (χ1v) is 8.06. The highest BCUT2D eigenvalue weighted by atomic mass is 32.1. The van der Waals surface area contributed by atoms with Crippen molar-refractivity contribution < 1.29 is 0 Å². The second-order valence-electron chi connectivity index (χ2n) is 5.55. The van der Waals surface area contributed by atoms with Gasteiger partial charge in [-0.15, -0.1) is 11.3 Å². The number of likely N-dealkylation sites (tertiary alicyclic amines) is 1. The fourth-order valence-corrected chi connectivity index (χ4v) is 3.27. The van der Waals surface area contributed by atoms with E-state index in [0.717, 1.165) is 10.7 Å². The Kier molecular flexibility index (Phi) is 4.03. The number of anilines is 1. The number of nitrogens with one attached hydrogen (secondary N) is 1. The minimum Gasteiger partial charge on any atom is -0.382 e. The summed E-state index contributed by atoms with van der Waals surface area (Å²) in [6.45, 7) is 4.42. The van der Waals surface area contributed by atoms with E-state index in [-0.39, 0.29) is 0 Å². The third-order valence-corrected chi connectivity index (χ3v) is 4.64. The summed E-state index contributed by atoms with van der Waals surface area (Å²) in [7, 11) is 2.20. The van der Waals surface area contributed by atoms with Gasteiger partial charge in [0, 0.05) is 22.7 Å². The van der Waals surface area contributed by atoms with Crippen LogP contribution in [0.2, 0.25) is 0 Å². The standard InChI is InChI=1S/C16H21N3S/c1-12-17-16(11-20-12)13-4-3-5-15(10-13)18-14-6-8-19(2)9-7-14/h3-5,10-11,14,18H,6-9H2,1-2H3. The fourth-order valence-electron chi connectivity index (χ4n) is 2.65. The zero-order chi connectivity index (χ0) is 13.9. The van der Waals surface area contributed by atoms with E-state index in [2.05, 4.69) is 58.8 Å². The number of aryl methyl sites for hydroxylation is 1. The fraction of sp³-hybridized carbons (Fsp3) is 0.438. The molecule has 0 amide bonds. The van der Waals surface area contributed by atoms with Crippen LogP contribution in [0.25, 0.3) is 11.3 Å². The summed E-state index contributed by atoms with van der Waals surface area (Å²) in [5, 5.41) is 6.92. The molecular weight excluding hydrogens is 266 g/mol. The second kappa shape index (κ2) is 5.94. The molecule has 0 bridgehead atoms. The molecule has 0 aliphatic carbocycles. The molecular formula is C16H21N3S. The summed E-state index contributed by atoms with van der Waals surface area (Å²) in [4.78, 5) is 6.96. The molecule has 1 aromatic heterocycles. The van der Waals surface area contributed by atoms with Crippen molar-refractivity contribution in [1.82, 2.24) is 9.88 Å². The Balaban J connectivity index is 1.71. The SMILES string of the molecule is Cc1nc(-c2cccc(NC3CCN(C)CC3)c2)cs1. The number of benzene rings is 1. The maximum absolute atomic E-state index is 4.56. The zero-order valence-corrected chi connectivity index (χ0v) is 12.9. The number of aromatic nitrogens is 1. The third kappa shape index (κ3) is 3.19. The Labute approximate surface area is 124 Å². The van der Waals surface area contributed by atoms with Gasteiger partial charge in [0.1, 0.15) is 0 Å². The molecule has 1 aliphatic rings. The van der Waals surface area contributed by atoms with E-state index in [9.17, 15) is 0 Å². The highest BCUT2D eigenvalue weighted by molar-refractivity contribution is 7.09. The normalized spacial score (nSPS) is 17.3. The summed E-state index contributed by atoms with van der Waals surface area (Å²) < 4.78 is 0. The molecule has 4 heteroatoms. The van der Waals surface area contributed by atoms with Gasteiger partial charge in [0.15, 0.2) is 0 Å². The molecule has 3 nitrogen and oxygen atoms in total. The van der Waals surface area contributed by atoms with Crippen LogP contribution in [0.15, 0.2) is 29.6 Å². The topological polar surface area (TPSA) is 28.2 Å². The molecule has 1 aromatic carbocycles. The van der Waals surface area contributed by atoms with Crippen LogP contribution in [0.1, 0.15) is 17.8 Å². The summed E-state index contributed by atoms with van der Waals surface area (Å²) in [5.41, 5.74) is 3.49. The molecule has 0 radical (unpaired) electrons. The molecule has 1 saturated heterocycles. The largest absolute Gasteiger partial charge is 0.382 e. The smallest absolute Gasteiger partial charge is 0.0901 e. The Bertz CT molecular complexity index is 571. The average Bonchev–Trinajstić information content (AvgIpc) is 2.89. The number of thiazole rings is 1. The van der Waals surface area contributed by atoms with Gasteiger partial charge in [0.25, 0.3) is 0 Å². The van der Waals surface area contributed by atoms with Crippen molar-refractivity contribution in [2.75, 3.05) is 25.5 Å². The predicted molar refractivity (Wildman–Crippen MR) is 86.4 cm³/mol. The van der Waals surface area contributed by atoms with Crippen molar-refractivity contribution in [3.05, 3.63) is 34.7 Å². The van der Waals surface area contributed by atoms with E-state index in [1.165, 1.54) is 37.2 Å².